The van der Waals surface area contributed by atoms with Crippen LogP contribution in [0.15, 0.2) is 0 Å². The lowest BCUT2D eigenvalue weighted by Gasteiger charge is -2.61. The summed E-state index contributed by atoms with van der Waals surface area (Å²) in [4.78, 5) is 12.8. The summed E-state index contributed by atoms with van der Waals surface area (Å²) in [6, 6.07) is 0. The minimum Gasteiger partial charge on any atom is -0.459 e. The number of hydrogen-bond acceptors (Lipinski definition) is 4. The number of esters is 1. The van der Waals surface area contributed by atoms with Crippen molar-refractivity contribution in [1.29, 1.82) is 0 Å². The second-order valence-electron chi connectivity index (χ2n) is 11.6. The third-order valence-electron chi connectivity index (χ3n) is 6.98. The van der Waals surface area contributed by atoms with Gasteiger partial charge in [-0.15, -0.1) is 0 Å². The van der Waals surface area contributed by atoms with Crippen LogP contribution in [0.3, 0.4) is 0 Å². The zero-order valence-corrected chi connectivity index (χ0v) is 18.4. The molecule has 4 aliphatic rings. The second-order valence-corrected chi connectivity index (χ2v) is 11.6. The molecule has 0 radical (unpaired) electrons. The van der Waals surface area contributed by atoms with Gasteiger partial charge in [-0.1, -0.05) is 27.7 Å². The Morgan fingerprint density at radius 1 is 1.00 bits per heavy atom. The number of rotatable bonds is 8. The van der Waals surface area contributed by atoms with E-state index in [1.165, 1.54) is 19.3 Å². The molecular weight excluding hydrogens is 340 g/mol. The topological polar surface area (TPSA) is 44.8 Å². The highest BCUT2D eigenvalue weighted by Crippen LogP contribution is 2.63. The molecule has 4 nitrogen and oxygen atoms in total. The van der Waals surface area contributed by atoms with Crippen molar-refractivity contribution in [2.24, 2.45) is 28.1 Å². The first-order valence-electron chi connectivity index (χ1n) is 10.9. The fourth-order valence-corrected chi connectivity index (χ4v) is 5.80. The van der Waals surface area contributed by atoms with Crippen molar-refractivity contribution in [1.82, 2.24) is 0 Å². The lowest BCUT2D eigenvalue weighted by atomic mass is 9.48. The number of ether oxygens (including phenoxy) is 3. The molecule has 4 rings (SSSR count). The molecule has 0 heterocycles. The smallest absolute Gasteiger partial charge is 0.312 e. The highest BCUT2D eigenvalue weighted by atomic mass is 16.7. The Morgan fingerprint density at radius 3 is 2.19 bits per heavy atom. The zero-order chi connectivity index (χ0) is 19.9. The largest absolute Gasteiger partial charge is 0.459 e. The molecule has 0 aromatic heterocycles. The molecule has 156 valence electrons. The lowest BCUT2D eigenvalue weighted by Crippen LogP contribution is -2.59. The molecule has 0 aromatic rings. The summed E-state index contributed by atoms with van der Waals surface area (Å²) in [5, 5.41) is 0. The van der Waals surface area contributed by atoms with Crippen LogP contribution in [-0.2, 0) is 19.0 Å². The summed E-state index contributed by atoms with van der Waals surface area (Å²) in [6.45, 7) is 14.4. The summed E-state index contributed by atoms with van der Waals surface area (Å²) < 4.78 is 18.0. The summed E-state index contributed by atoms with van der Waals surface area (Å²) in [5.74, 6) is 1.35. The first-order chi connectivity index (χ1) is 12.5. The molecule has 4 fully saturated rings. The van der Waals surface area contributed by atoms with Crippen LogP contribution in [0.5, 0.6) is 0 Å². The van der Waals surface area contributed by atoms with E-state index < -0.39 is 5.41 Å². The van der Waals surface area contributed by atoms with Crippen molar-refractivity contribution >= 4 is 5.97 Å². The maximum Gasteiger partial charge on any atom is 0.312 e. The van der Waals surface area contributed by atoms with Gasteiger partial charge < -0.3 is 14.2 Å². The SMILES string of the molecule is CCC(C)(C)C(=O)OC12CC3CC(CC(COCOCC(C)(C)C)(C3)C1)C2. The molecule has 2 atom stereocenters. The normalized spacial score (nSPS) is 35.5. The van der Waals surface area contributed by atoms with Crippen molar-refractivity contribution < 1.29 is 19.0 Å². The van der Waals surface area contributed by atoms with Gasteiger partial charge in [0.1, 0.15) is 12.4 Å². The average molecular weight is 381 g/mol. The Hall–Kier alpha value is -0.610. The van der Waals surface area contributed by atoms with Crippen LogP contribution in [0.4, 0.5) is 0 Å². The minimum absolute atomic E-state index is 0.0171. The number of carbonyl (C=O) groups excluding carboxylic acids is 1. The van der Waals surface area contributed by atoms with Crippen LogP contribution in [0, 0.1) is 28.1 Å². The molecular formula is C23H40O4. The van der Waals surface area contributed by atoms with E-state index in [2.05, 4.69) is 27.7 Å². The summed E-state index contributed by atoms with van der Waals surface area (Å²) in [6.07, 6.45) is 7.64. The highest BCUT2D eigenvalue weighted by Gasteiger charge is 2.60. The van der Waals surface area contributed by atoms with E-state index in [-0.39, 0.29) is 22.4 Å². The Bertz CT molecular complexity index is 531. The van der Waals surface area contributed by atoms with Crippen molar-refractivity contribution in [3.8, 4) is 0 Å². The van der Waals surface area contributed by atoms with Crippen LogP contribution in [0.1, 0.15) is 86.5 Å². The lowest BCUT2D eigenvalue weighted by molar-refractivity contribution is -0.221. The van der Waals surface area contributed by atoms with Gasteiger partial charge >= 0.3 is 5.97 Å². The molecule has 4 saturated carbocycles. The van der Waals surface area contributed by atoms with Crippen LogP contribution < -0.4 is 0 Å². The van der Waals surface area contributed by atoms with Crippen LogP contribution in [-0.4, -0.2) is 31.6 Å². The maximum absolute atomic E-state index is 12.8. The molecule has 27 heavy (non-hydrogen) atoms. The molecule has 2 unspecified atom stereocenters. The zero-order valence-electron chi connectivity index (χ0n) is 18.4. The van der Waals surface area contributed by atoms with Gasteiger partial charge in [-0.2, -0.15) is 0 Å². The Labute approximate surface area is 165 Å². The third-order valence-corrected chi connectivity index (χ3v) is 6.98. The molecule has 4 bridgehead atoms. The number of hydrogen-bond donors (Lipinski definition) is 0. The monoisotopic (exact) mass is 380 g/mol. The van der Waals surface area contributed by atoms with Gasteiger partial charge in [0.25, 0.3) is 0 Å². The summed E-state index contributed by atoms with van der Waals surface area (Å²) in [7, 11) is 0. The van der Waals surface area contributed by atoms with E-state index >= 15 is 0 Å². The Morgan fingerprint density at radius 2 is 1.63 bits per heavy atom. The predicted octanol–water partition coefficient (Wildman–Crippen LogP) is 5.34. The van der Waals surface area contributed by atoms with Gasteiger partial charge in [0.15, 0.2) is 0 Å². The van der Waals surface area contributed by atoms with E-state index in [4.69, 9.17) is 14.2 Å². The van der Waals surface area contributed by atoms with E-state index in [0.29, 0.717) is 25.2 Å². The number of carbonyl (C=O) groups is 1. The molecule has 0 aromatic carbocycles. The van der Waals surface area contributed by atoms with Crippen molar-refractivity contribution in [2.75, 3.05) is 20.0 Å². The third kappa shape index (κ3) is 4.87. The maximum atomic E-state index is 12.8. The Balaban J connectivity index is 1.60. The Kier molecular flexibility index (Phi) is 5.73. The second kappa shape index (κ2) is 7.33. The van der Waals surface area contributed by atoms with E-state index in [1.54, 1.807) is 0 Å². The fraction of sp³-hybridized carbons (Fsp3) is 0.957. The van der Waals surface area contributed by atoms with Crippen molar-refractivity contribution in [3.05, 3.63) is 0 Å². The fourth-order valence-electron chi connectivity index (χ4n) is 5.80. The summed E-state index contributed by atoms with van der Waals surface area (Å²) in [5.41, 5.74) is -0.308. The predicted molar refractivity (Wildman–Crippen MR) is 106 cm³/mol. The van der Waals surface area contributed by atoms with E-state index in [9.17, 15) is 4.79 Å². The van der Waals surface area contributed by atoms with Crippen LogP contribution >= 0.6 is 0 Å². The van der Waals surface area contributed by atoms with Gasteiger partial charge in [-0.25, -0.2) is 0 Å². The minimum atomic E-state index is -0.395. The molecule has 4 heteroatoms. The summed E-state index contributed by atoms with van der Waals surface area (Å²) >= 11 is 0. The van der Waals surface area contributed by atoms with Crippen molar-refractivity contribution in [2.45, 2.75) is 92.1 Å². The first-order valence-corrected chi connectivity index (χ1v) is 10.9. The van der Waals surface area contributed by atoms with E-state index in [0.717, 1.165) is 32.3 Å². The van der Waals surface area contributed by atoms with Crippen LogP contribution in [0.25, 0.3) is 0 Å². The van der Waals surface area contributed by atoms with Crippen molar-refractivity contribution in [3.63, 3.8) is 0 Å². The molecule has 4 aliphatic carbocycles. The van der Waals surface area contributed by atoms with Gasteiger partial charge in [0, 0.05) is 0 Å². The molecule has 0 saturated heterocycles. The van der Waals surface area contributed by atoms with E-state index in [1.807, 2.05) is 13.8 Å². The van der Waals surface area contributed by atoms with Gasteiger partial charge in [-0.05, 0) is 81.5 Å². The average Bonchev–Trinajstić information content (AvgIpc) is 2.51. The van der Waals surface area contributed by atoms with Gasteiger partial charge in [0.2, 0.25) is 0 Å². The van der Waals surface area contributed by atoms with Gasteiger partial charge in [0.05, 0.1) is 18.6 Å². The quantitative estimate of drug-likeness (QED) is 0.324. The van der Waals surface area contributed by atoms with Crippen LogP contribution in [0.2, 0.25) is 0 Å². The molecule has 0 spiro atoms. The first kappa shape index (κ1) is 21.1. The molecule has 0 aliphatic heterocycles. The molecule has 0 N–H and O–H groups in total. The highest BCUT2D eigenvalue weighted by molar-refractivity contribution is 5.76. The standard InChI is InChI=1S/C23H40O4/c1-7-21(5,6)19(24)27-23-11-17-8-18(12-23)10-22(9-17,13-23)15-26-16-25-14-20(2,3)4/h17-18H,7-16H2,1-6H3. The van der Waals surface area contributed by atoms with Gasteiger partial charge in [-0.3, -0.25) is 4.79 Å². The molecule has 0 amide bonds.